The van der Waals surface area contributed by atoms with E-state index >= 15 is 0 Å². The van der Waals surface area contributed by atoms with Crippen molar-refractivity contribution >= 4 is 0 Å². The quantitative estimate of drug-likeness (QED) is 0.298. The second kappa shape index (κ2) is 363. The fourth-order valence-corrected chi connectivity index (χ4v) is 0. The van der Waals surface area contributed by atoms with Crippen molar-refractivity contribution in [3.05, 3.63) is 0 Å². The van der Waals surface area contributed by atoms with Crippen molar-refractivity contribution in [1.29, 1.82) is 0 Å². The predicted octanol–water partition coefficient (Wildman–Crippen LogP) is -0.115. The summed E-state index contributed by atoms with van der Waals surface area (Å²) in [6.45, 7) is 0. The van der Waals surface area contributed by atoms with E-state index in [1.807, 2.05) is 0 Å². The minimum absolute atomic E-state index is 0. The van der Waals surface area contributed by atoms with Crippen LogP contribution in [0.4, 0.5) is 0 Å². The Morgan fingerprint density at radius 1 is 0.0217 bits per heavy atom. The van der Waals surface area contributed by atoms with Crippen LogP contribution in [0.2, 0.25) is 0 Å². The first kappa shape index (κ1) is 376. The molecule has 0 aromatic carbocycles. The van der Waals surface area contributed by atoms with Crippen molar-refractivity contribution in [1.82, 2.24) is 0 Å². The molecule has 0 spiro atoms. The Morgan fingerprint density at radius 3 is 0.0217 bits per heavy atom. The topological polar surface area (TPSA) is 0 Å². The minimum Gasteiger partial charge on any atom is 0 e. The van der Waals surface area contributed by atoms with Crippen LogP contribution < -0.4 is 0 Å². The van der Waals surface area contributed by atoms with E-state index in [1.165, 1.54) is 0 Å². The van der Waals surface area contributed by atoms with Crippen LogP contribution in [0.3, 0.4) is 0 Å². The normalized spacial score (nSPS) is 0. The second-order valence-corrected chi connectivity index (χ2v) is 0. The van der Waals surface area contributed by atoms with Crippen LogP contribution in [0.25, 0.3) is 0 Å². The zero-order valence-corrected chi connectivity index (χ0v) is 218. The summed E-state index contributed by atoms with van der Waals surface area (Å²) >= 11 is 0. The zero-order chi connectivity index (χ0) is 0. The molecule has 0 atom stereocenters. The van der Waals surface area contributed by atoms with E-state index < -0.39 is 0 Å². The number of hydrogen-bond acceptors (Lipinski definition) is 0. The maximum Gasteiger partial charge on any atom is 0 e. The van der Waals surface area contributed by atoms with Gasteiger partial charge in [0.05, 0.1) is 0 Å². The maximum absolute atomic E-state index is 0. The SMILES string of the molecule is [Cd].[Cd].[Cd].[Cd].[Cd].[Cd].[Cd].[Cd].[Cd].[Cd].[Cd].[Cd].[Cd].[Cd].[Cd].[Cd].[Cd].[Cd].[Cd].[Cd].[Cd].[Cd].[Cd].[Cd].[Cd].[Cd].[Cd].[Cd].[Cd].[Cd].[Cd].[Cd].[Cd].[Cd].[Cd].[Cd].[Cd].[Cd].[Cd].[Cd].[Cd].[Cd].[Cd].[Cd].[Cd].[Cd]. The first-order chi connectivity index (χ1) is 0. The van der Waals surface area contributed by atoms with E-state index in [-0.39, 0.29) is 1260 Å². The van der Waals surface area contributed by atoms with Crippen molar-refractivity contribution in [3.63, 3.8) is 0 Å². The van der Waals surface area contributed by atoms with Crippen molar-refractivity contribution in [2.75, 3.05) is 0 Å². The zero-order valence-electron chi connectivity index (χ0n) is 32.5. The van der Waals surface area contributed by atoms with Gasteiger partial charge in [0.1, 0.15) is 0 Å². The van der Waals surface area contributed by atoms with Crippen LogP contribution in [0.1, 0.15) is 0 Å². The first-order valence-electron chi connectivity index (χ1n) is 0. The maximum atomic E-state index is 0. The Balaban J connectivity index is 0. The Hall–Kier alpha value is 42.4. The van der Waals surface area contributed by atoms with Gasteiger partial charge < -0.3 is 0 Å². The van der Waals surface area contributed by atoms with Gasteiger partial charge in [-0.1, -0.05) is 0 Å². The Morgan fingerprint density at radius 2 is 0.0217 bits per heavy atom. The van der Waals surface area contributed by atoms with E-state index in [4.69, 9.17) is 0 Å². The molecule has 0 aliphatic heterocycles. The molecule has 0 saturated heterocycles. The molecule has 46 heavy (non-hydrogen) atoms. The number of hydrogen-bond donors (Lipinski definition) is 0. The molecule has 0 radical (unpaired) electrons. The third-order valence-corrected chi connectivity index (χ3v) is 0. The summed E-state index contributed by atoms with van der Waals surface area (Å²) in [5, 5.41) is 0. The molecule has 0 N–H and O–H groups in total. The molecule has 0 aliphatic carbocycles. The van der Waals surface area contributed by atoms with E-state index in [0.29, 0.717) is 0 Å². The van der Waals surface area contributed by atoms with Crippen molar-refractivity contribution in [2.24, 2.45) is 0 Å². The van der Waals surface area contributed by atoms with Gasteiger partial charge in [-0.05, 0) is 0 Å². The fraction of sp³-hybridized carbons (Fsp3) is 0. The molecule has 0 aromatic rings. The molecule has 0 heterocycles. The smallest absolute Gasteiger partial charge is 0 e. The van der Waals surface area contributed by atoms with Gasteiger partial charge in [-0.15, -0.1) is 0 Å². The summed E-state index contributed by atoms with van der Waals surface area (Å²) in [7, 11) is 0. The van der Waals surface area contributed by atoms with Crippen LogP contribution in [-0.2, 0) is 1260 Å². The van der Waals surface area contributed by atoms with Gasteiger partial charge in [0.15, 0.2) is 0 Å². The molecule has 0 saturated carbocycles. The van der Waals surface area contributed by atoms with Gasteiger partial charge >= 0.3 is 0 Å². The van der Waals surface area contributed by atoms with Crippen LogP contribution >= 0.6 is 0 Å². The van der Waals surface area contributed by atoms with Crippen LogP contribution in [0.5, 0.6) is 0 Å². The van der Waals surface area contributed by atoms with Crippen molar-refractivity contribution in [3.8, 4) is 0 Å². The molecular weight excluding hydrogens is 5170 g/mol. The molecule has 0 bridgehead atoms. The van der Waals surface area contributed by atoms with Gasteiger partial charge in [0.25, 0.3) is 0 Å². The third-order valence-electron chi connectivity index (χ3n) is 0. The summed E-state index contributed by atoms with van der Waals surface area (Å²) < 4.78 is 0. The third kappa shape index (κ3) is 350. The average Bonchev–Trinajstić information content (AvgIpc) is 0. The minimum atomic E-state index is 0. The summed E-state index contributed by atoms with van der Waals surface area (Å²) in [6.07, 6.45) is 0. The summed E-state index contributed by atoms with van der Waals surface area (Å²) in [5.41, 5.74) is 0. The van der Waals surface area contributed by atoms with Crippen molar-refractivity contribution in [2.45, 2.75) is 0 Å². The van der Waals surface area contributed by atoms with Crippen LogP contribution in [-0.4, -0.2) is 0 Å². The fourth-order valence-electron chi connectivity index (χ4n) is 0. The Bertz CT molecular complexity index is 0. The largest absolute Gasteiger partial charge is 0 e. The molecule has 0 amide bonds. The van der Waals surface area contributed by atoms with Gasteiger partial charge in [-0.3, -0.25) is 0 Å². The second-order valence-electron chi connectivity index (χ2n) is 0. The monoisotopic (exact) mass is 5240 g/mol. The van der Waals surface area contributed by atoms with Gasteiger partial charge in [-0.2, -0.15) is 0 Å². The van der Waals surface area contributed by atoms with E-state index in [1.54, 1.807) is 0 Å². The van der Waals surface area contributed by atoms with Crippen LogP contribution in [0, 0.1) is 0 Å². The molecule has 0 rings (SSSR count). The molecular formula is Cd46. The predicted molar refractivity (Wildman–Crippen MR) is 0 cm³/mol. The van der Waals surface area contributed by atoms with Gasteiger partial charge in [0.2, 0.25) is 0 Å². The van der Waals surface area contributed by atoms with E-state index in [9.17, 15) is 0 Å². The Kier molecular flexibility index (Phi) is 2960. The van der Waals surface area contributed by atoms with Crippen molar-refractivity contribution < 1.29 is 1260 Å². The van der Waals surface area contributed by atoms with E-state index in [0.717, 1.165) is 0 Å². The molecule has 0 fully saturated rings. The molecule has 0 aromatic heterocycles. The number of rotatable bonds is 0. The van der Waals surface area contributed by atoms with Gasteiger partial charge in [0, 0.05) is 1260 Å². The molecule has 46 heteroatoms. The van der Waals surface area contributed by atoms with E-state index in [2.05, 4.69) is 0 Å². The summed E-state index contributed by atoms with van der Waals surface area (Å²) in [5.74, 6) is 0. The molecule has 0 nitrogen and oxygen atoms in total. The summed E-state index contributed by atoms with van der Waals surface area (Å²) in [6, 6.07) is 0. The average molecular weight is 5170 g/mol. The Labute approximate surface area is 1210 Å². The first-order valence-corrected chi connectivity index (χ1v) is 0. The standard InChI is InChI=1S/46Cd. The molecule has 0 aliphatic rings. The van der Waals surface area contributed by atoms with Gasteiger partial charge in [-0.25, -0.2) is 0 Å². The summed E-state index contributed by atoms with van der Waals surface area (Å²) in [4.78, 5) is 0. The van der Waals surface area contributed by atoms with Crippen LogP contribution in [0.15, 0.2) is 0 Å². The molecule has 92 valence electrons. The molecule has 0 unspecified atom stereocenters.